The summed E-state index contributed by atoms with van der Waals surface area (Å²) in [5.74, 6) is -3.00. The standard InChI is InChI=1S/C27H41N3O7.H2O.2H2/c1-29(2)14-19(33)6-5-18-12-22(30(3)4)20-10-16(11-24(35)26(20)27(18)37)9-17(7-8-31)21(15-32)23(34)13-25(28)36;;;/h12,16-17,21,31-32,37H,5-11,13-15H2,1-4H3,(H2,28,36);1H2;2*1H. The predicted molar refractivity (Wildman–Crippen MR) is 148 cm³/mol. The molecule has 0 radical (unpaired) electrons. The molecule has 0 spiro atoms. The number of phenols is 1. The second kappa shape index (κ2) is 14.9. The molecule has 3 unspecified atom stereocenters. The number of ketones is 3. The Morgan fingerprint density at radius 3 is 2.34 bits per heavy atom. The molecule has 218 valence electrons. The quantitative estimate of drug-likeness (QED) is 0.227. The lowest BCUT2D eigenvalue weighted by molar-refractivity contribution is -0.131. The maximum absolute atomic E-state index is 13.3. The van der Waals surface area contributed by atoms with Gasteiger partial charge in [-0.05, 0) is 68.8 Å². The van der Waals surface area contributed by atoms with E-state index in [4.69, 9.17) is 5.73 Å². The number of nitrogens with zero attached hydrogens (tertiary/aromatic N) is 2. The summed E-state index contributed by atoms with van der Waals surface area (Å²) in [5.41, 5.74) is 7.48. The fourth-order valence-electron chi connectivity index (χ4n) is 5.34. The van der Waals surface area contributed by atoms with E-state index in [2.05, 4.69) is 0 Å². The molecule has 0 heterocycles. The Hall–Kier alpha value is -2.86. The van der Waals surface area contributed by atoms with Crippen LogP contribution < -0.4 is 10.6 Å². The molecule has 11 nitrogen and oxygen atoms in total. The Balaban J connectivity index is 0. The van der Waals surface area contributed by atoms with Gasteiger partial charge in [-0.25, -0.2) is 0 Å². The van der Waals surface area contributed by atoms with Crippen LogP contribution in [0.2, 0.25) is 0 Å². The third kappa shape index (κ3) is 8.59. The largest absolute Gasteiger partial charge is 0.507 e. The lowest BCUT2D eigenvalue weighted by Crippen LogP contribution is -2.34. The van der Waals surface area contributed by atoms with Crippen LogP contribution in [0.25, 0.3) is 0 Å². The summed E-state index contributed by atoms with van der Waals surface area (Å²) in [6.07, 6.45) is 1.31. The van der Waals surface area contributed by atoms with E-state index in [9.17, 15) is 34.5 Å². The molecule has 0 saturated carbocycles. The molecule has 11 heteroatoms. The van der Waals surface area contributed by atoms with Crippen LogP contribution in [0.5, 0.6) is 5.75 Å². The van der Waals surface area contributed by atoms with Gasteiger partial charge in [0.2, 0.25) is 5.91 Å². The number of hydrogen-bond acceptors (Lipinski definition) is 9. The summed E-state index contributed by atoms with van der Waals surface area (Å²) in [4.78, 5) is 52.9. The number of anilines is 1. The van der Waals surface area contributed by atoms with Crippen molar-refractivity contribution >= 4 is 28.9 Å². The van der Waals surface area contributed by atoms with Gasteiger partial charge in [0.15, 0.2) is 5.78 Å². The minimum atomic E-state index is -0.861. The number of rotatable bonds is 15. The monoisotopic (exact) mass is 541 g/mol. The van der Waals surface area contributed by atoms with Gasteiger partial charge < -0.3 is 36.3 Å². The number of hydrogen-bond donors (Lipinski definition) is 4. The number of aliphatic hydroxyl groups is 2. The van der Waals surface area contributed by atoms with E-state index in [0.29, 0.717) is 36.9 Å². The molecule has 2 rings (SSSR count). The minimum Gasteiger partial charge on any atom is -0.507 e. The van der Waals surface area contributed by atoms with Gasteiger partial charge in [-0.2, -0.15) is 0 Å². The second-order valence-corrected chi connectivity index (χ2v) is 10.5. The first-order valence-electron chi connectivity index (χ1n) is 12.7. The summed E-state index contributed by atoms with van der Waals surface area (Å²) >= 11 is 0. The summed E-state index contributed by atoms with van der Waals surface area (Å²) in [6, 6.07) is 1.82. The van der Waals surface area contributed by atoms with E-state index in [0.717, 1.165) is 5.69 Å². The summed E-state index contributed by atoms with van der Waals surface area (Å²) in [6.45, 7) is -0.381. The van der Waals surface area contributed by atoms with Crippen LogP contribution in [0.4, 0.5) is 5.69 Å². The highest BCUT2D eigenvalue weighted by Gasteiger charge is 2.36. The first-order valence-corrected chi connectivity index (χ1v) is 12.7. The number of amides is 1. The molecule has 1 amide bonds. The average molecular weight is 542 g/mol. The third-order valence-electron chi connectivity index (χ3n) is 7.02. The van der Waals surface area contributed by atoms with E-state index < -0.39 is 36.6 Å². The number of phenolic OH excluding ortho intramolecular Hbond substituents is 1. The van der Waals surface area contributed by atoms with E-state index in [1.807, 2.05) is 39.2 Å². The zero-order chi connectivity index (χ0) is 27.9. The van der Waals surface area contributed by atoms with Gasteiger partial charge in [-0.3, -0.25) is 19.2 Å². The predicted octanol–water partition coefficient (Wildman–Crippen LogP) is 0.376. The van der Waals surface area contributed by atoms with Gasteiger partial charge in [0, 0.05) is 48.0 Å². The first kappa shape index (κ1) is 33.2. The number of primary amides is 1. The molecule has 0 aliphatic heterocycles. The maximum Gasteiger partial charge on any atom is 0.224 e. The summed E-state index contributed by atoms with van der Waals surface area (Å²) < 4.78 is 0. The number of aliphatic hydroxyl groups excluding tert-OH is 2. The molecular formula is C27H47N3O8. The molecule has 0 saturated heterocycles. The molecule has 0 bridgehead atoms. The lowest BCUT2D eigenvalue weighted by Gasteiger charge is -2.33. The number of aromatic hydroxyl groups is 1. The van der Waals surface area contributed by atoms with E-state index in [-0.39, 0.29) is 63.0 Å². The van der Waals surface area contributed by atoms with Crippen LogP contribution >= 0.6 is 0 Å². The fraction of sp³-hybridized carbons (Fsp3) is 0.630. The smallest absolute Gasteiger partial charge is 0.224 e. The molecule has 7 N–H and O–H groups in total. The highest BCUT2D eigenvalue weighted by atomic mass is 16.3. The molecule has 0 aromatic heterocycles. The molecule has 1 aliphatic carbocycles. The van der Waals surface area contributed by atoms with Gasteiger partial charge >= 0.3 is 0 Å². The van der Waals surface area contributed by atoms with Crippen LogP contribution in [0.3, 0.4) is 0 Å². The van der Waals surface area contributed by atoms with Crippen molar-refractivity contribution in [2.75, 3.05) is 52.8 Å². The van der Waals surface area contributed by atoms with Gasteiger partial charge in [0.05, 0.1) is 25.1 Å². The second-order valence-electron chi connectivity index (χ2n) is 10.5. The number of likely N-dealkylation sites (N-methyl/N-ethyl adjacent to an activating group) is 1. The van der Waals surface area contributed by atoms with Crippen molar-refractivity contribution in [1.82, 2.24) is 4.90 Å². The first-order chi connectivity index (χ1) is 17.4. The number of benzene rings is 1. The minimum absolute atomic E-state index is 0. The van der Waals surface area contributed by atoms with Crippen LogP contribution in [0.1, 0.15) is 56.4 Å². The average Bonchev–Trinajstić information content (AvgIpc) is 2.77. The van der Waals surface area contributed by atoms with Crippen molar-refractivity contribution in [2.45, 2.75) is 44.9 Å². The van der Waals surface area contributed by atoms with Crippen LogP contribution in [0, 0.1) is 17.8 Å². The van der Waals surface area contributed by atoms with Crippen molar-refractivity contribution in [3.63, 3.8) is 0 Å². The van der Waals surface area contributed by atoms with Crippen LogP contribution in [-0.4, -0.2) is 96.9 Å². The molecule has 0 fully saturated rings. The normalized spacial score (nSPS) is 16.4. The number of Topliss-reactive ketones (excluding diaryl/α,β-unsaturated/α-hetero) is 3. The van der Waals surface area contributed by atoms with Gasteiger partial charge in [-0.1, -0.05) is 0 Å². The molecule has 1 aromatic rings. The van der Waals surface area contributed by atoms with Crippen molar-refractivity contribution in [3.05, 3.63) is 22.8 Å². The van der Waals surface area contributed by atoms with Gasteiger partial charge in [-0.15, -0.1) is 0 Å². The number of fused-ring (bicyclic) bond motifs is 1. The summed E-state index contributed by atoms with van der Waals surface area (Å²) in [5, 5.41) is 30.5. The van der Waals surface area contributed by atoms with Crippen molar-refractivity contribution in [3.8, 4) is 5.75 Å². The van der Waals surface area contributed by atoms with Gasteiger partial charge in [0.1, 0.15) is 17.3 Å². The molecular weight excluding hydrogens is 494 g/mol. The van der Waals surface area contributed by atoms with Crippen molar-refractivity contribution in [1.29, 1.82) is 0 Å². The Kier molecular flexibility index (Phi) is 13.0. The number of nitrogens with two attached hydrogens (primary N) is 1. The van der Waals surface area contributed by atoms with Crippen LogP contribution in [0.15, 0.2) is 6.07 Å². The van der Waals surface area contributed by atoms with E-state index in [1.54, 1.807) is 4.90 Å². The van der Waals surface area contributed by atoms with E-state index in [1.165, 1.54) is 0 Å². The maximum atomic E-state index is 13.3. The zero-order valence-electron chi connectivity index (χ0n) is 22.8. The number of carbonyl (C=O) groups excluding carboxylic acids is 4. The summed E-state index contributed by atoms with van der Waals surface area (Å²) in [7, 11) is 7.32. The molecule has 1 aliphatic rings. The zero-order valence-corrected chi connectivity index (χ0v) is 22.8. The van der Waals surface area contributed by atoms with E-state index >= 15 is 0 Å². The van der Waals surface area contributed by atoms with Crippen LogP contribution in [-0.2, 0) is 27.2 Å². The topological polar surface area (TPSA) is 193 Å². The SMILES string of the molecule is CN(C)CC(=O)CCc1cc(N(C)C)c2c(c1O)C(=O)CC(CC(CCO)C(CO)C(=O)CC(N)=O)C2.O.[HH].[HH]. The highest BCUT2D eigenvalue weighted by Crippen LogP contribution is 2.42. The third-order valence-corrected chi connectivity index (χ3v) is 7.02. The Morgan fingerprint density at radius 1 is 1.16 bits per heavy atom. The molecule has 38 heavy (non-hydrogen) atoms. The Morgan fingerprint density at radius 2 is 1.82 bits per heavy atom. The Labute approximate surface area is 226 Å². The Bertz CT molecular complexity index is 1020. The number of aryl methyl sites for hydroxylation is 1. The fourth-order valence-corrected chi connectivity index (χ4v) is 5.34. The number of carbonyl (C=O) groups is 4. The van der Waals surface area contributed by atoms with Crippen molar-refractivity contribution in [2.24, 2.45) is 23.5 Å². The van der Waals surface area contributed by atoms with Gasteiger partial charge in [0.25, 0.3) is 0 Å². The van der Waals surface area contributed by atoms with Crippen molar-refractivity contribution < 1.29 is 42.8 Å². The lowest BCUT2D eigenvalue weighted by atomic mass is 9.73. The molecule has 1 aromatic carbocycles. The highest BCUT2D eigenvalue weighted by molar-refractivity contribution is 6.03. The molecule has 3 atom stereocenters.